The third-order valence-corrected chi connectivity index (χ3v) is 4.58. The molecule has 0 saturated heterocycles. The van der Waals surface area contributed by atoms with Crippen molar-refractivity contribution in [1.82, 2.24) is 14.8 Å². The second kappa shape index (κ2) is 9.04. The number of carbonyl (C=O) groups is 2. The molecule has 0 fully saturated rings. The lowest BCUT2D eigenvalue weighted by Gasteiger charge is -2.09. The Labute approximate surface area is 179 Å². The second-order valence-electron chi connectivity index (χ2n) is 6.89. The quantitative estimate of drug-likeness (QED) is 0.483. The van der Waals surface area contributed by atoms with Gasteiger partial charge in [-0.2, -0.15) is 5.10 Å². The van der Waals surface area contributed by atoms with Gasteiger partial charge in [-0.3, -0.25) is 9.78 Å². The summed E-state index contributed by atoms with van der Waals surface area (Å²) < 4.78 is 6.75. The van der Waals surface area contributed by atoms with Crippen LogP contribution in [0.1, 0.15) is 15.9 Å². The van der Waals surface area contributed by atoms with Crippen LogP contribution in [0.2, 0.25) is 0 Å². The first kappa shape index (κ1) is 20.0. The molecule has 1 amide bonds. The Bertz CT molecular complexity index is 1190. The van der Waals surface area contributed by atoms with Crippen molar-refractivity contribution in [2.75, 3.05) is 11.9 Å². The van der Waals surface area contributed by atoms with E-state index in [1.54, 1.807) is 10.7 Å². The number of hydrogen-bond donors (Lipinski definition) is 1. The Kier molecular flexibility index (Phi) is 5.84. The van der Waals surface area contributed by atoms with Gasteiger partial charge in [-0.05, 0) is 31.2 Å². The van der Waals surface area contributed by atoms with Gasteiger partial charge in [0, 0.05) is 24.0 Å². The lowest BCUT2D eigenvalue weighted by atomic mass is 10.1. The number of benzene rings is 2. The van der Waals surface area contributed by atoms with Crippen molar-refractivity contribution in [3.63, 3.8) is 0 Å². The van der Waals surface area contributed by atoms with Crippen LogP contribution < -0.4 is 5.32 Å². The molecule has 4 rings (SSSR count). The molecule has 0 aliphatic heterocycles. The maximum atomic E-state index is 12.5. The summed E-state index contributed by atoms with van der Waals surface area (Å²) in [5.41, 5.74) is 3.92. The molecular weight excluding hydrogens is 392 g/mol. The van der Waals surface area contributed by atoms with Crippen LogP contribution >= 0.6 is 0 Å². The highest BCUT2D eigenvalue weighted by Crippen LogP contribution is 2.25. The molecule has 0 spiro atoms. The smallest absolute Gasteiger partial charge is 0.338 e. The van der Waals surface area contributed by atoms with Gasteiger partial charge in [-0.15, -0.1) is 0 Å². The van der Waals surface area contributed by atoms with Crippen LogP contribution in [0.15, 0.2) is 85.2 Å². The predicted molar refractivity (Wildman–Crippen MR) is 117 cm³/mol. The van der Waals surface area contributed by atoms with Crippen LogP contribution in [0.25, 0.3) is 16.9 Å². The molecule has 154 valence electrons. The number of carbonyl (C=O) groups excluding carboxylic acids is 2. The maximum Gasteiger partial charge on any atom is 0.338 e. The number of anilines is 1. The van der Waals surface area contributed by atoms with Crippen molar-refractivity contribution < 1.29 is 14.3 Å². The molecule has 0 aliphatic rings. The topological polar surface area (TPSA) is 86.1 Å². The van der Waals surface area contributed by atoms with Crippen LogP contribution in [-0.4, -0.2) is 33.2 Å². The number of rotatable bonds is 6. The van der Waals surface area contributed by atoms with E-state index in [1.165, 1.54) is 24.5 Å². The second-order valence-corrected chi connectivity index (χ2v) is 6.89. The number of hydrogen-bond acceptors (Lipinski definition) is 5. The number of aryl methyl sites for hydroxylation is 1. The van der Waals surface area contributed by atoms with Gasteiger partial charge in [0.15, 0.2) is 6.61 Å². The SMILES string of the molecule is Cc1ccc(-c2cc(NC(=O)COC(=O)c3ccncc3)n(-c3ccccc3)n2)cc1. The van der Waals surface area contributed by atoms with E-state index in [4.69, 9.17) is 4.74 Å². The summed E-state index contributed by atoms with van der Waals surface area (Å²) in [6.07, 6.45) is 2.98. The van der Waals surface area contributed by atoms with Gasteiger partial charge in [0.05, 0.1) is 16.9 Å². The van der Waals surface area contributed by atoms with E-state index >= 15 is 0 Å². The zero-order valence-corrected chi connectivity index (χ0v) is 16.9. The monoisotopic (exact) mass is 412 g/mol. The average molecular weight is 412 g/mol. The zero-order valence-electron chi connectivity index (χ0n) is 16.9. The van der Waals surface area contributed by atoms with Crippen molar-refractivity contribution >= 4 is 17.7 Å². The minimum atomic E-state index is -0.588. The number of para-hydroxylation sites is 1. The van der Waals surface area contributed by atoms with Crippen LogP contribution in [-0.2, 0) is 9.53 Å². The van der Waals surface area contributed by atoms with Gasteiger partial charge in [0.1, 0.15) is 5.82 Å². The minimum Gasteiger partial charge on any atom is -0.452 e. The highest BCUT2D eigenvalue weighted by molar-refractivity contribution is 5.95. The van der Waals surface area contributed by atoms with Gasteiger partial charge >= 0.3 is 5.97 Å². The number of ether oxygens (including phenoxy) is 1. The molecule has 31 heavy (non-hydrogen) atoms. The first-order chi connectivity index (χ1) is 15.1. The van der Waals surface area contributed by atoms with Crippen molar-refractivity contribution in [3.05, 3.63) is 96.3 Å². The molecule has 7 nitrogen and oxygen atoms in total. The number of esters is 1. The van der Waals surface area contributed by atoms with Crippen molar-refractivity contribution in [2.45, 2.75) is 6.92 Å². The standard InChI is InChI=1S/C24H20N4O3/c1-17-7-9-18(10-8-17)21-15-22(28(27-21)20-5-3-2-4-6-20)26-23(29)16-31-24(30)19-11-13-25-14-12-19/h2-15H,16H2,1H3,(H,26,29). The molecule has 0 aliphatic carbocycles. The average Bonchev–Trinajstić information content (AvgIpc) is 3.22. The van der Waals surface area contributed by atoms with E-state index in [9.17, 15) is 9.59 Å². The molecule has 0 atom stereocenters. The fourth-order valence-corrected chi connectivity index (χ4v) is 2.98. The summed E-state index contributed by atoms with van der Waals surface area (Å²) in [5.74, 6) is -0.573. The molecule has 2 aromatic heterocycles. The predicted octanol–water partition coefficient (Wildman–Crippen LogP) is 4.04. The van der Waals surface area contributed by atoms with Crippen LogP contribution in [0, 0.1) is 6.92 Å². The number of amides is 1. The molecule has 1 N–H and O–H groups in total. The van der Waals surface area contributed by atoms with E-state index in [-0.39, 0.29) is 0 Å². The van der Waals surface area contributed by atoms with Gasteiger partial charge in [-0.1, -0.05) is 48.0 Å². The lowest BCUT2D eigenvalue weighted by Crippen LogP contribution is -2.22. The van der Waals surface area contributed by atoms with Crippen LogP contribution in [0.3, 0.4) is 0 Å². The molecule has 4 aromatic rings. The molecular formula is C24H20N4O3. The van der Waals surface area contributed by atoms with E-state index in [1.807, 2.05) is 61.5 Å². The van der Waals surface area contributed by atoms with E-state index in [2.05, 4.69) is 15.4 Å². The number of aromatic nitrogens is 3. The highest BCUT2D eigenvalue weighted by atomic mass is 16.5. The highest BCUT2D eigenvalue weighted by Gasteiger charge is 2.15. The summed E-state index contributed by atoms with van der Waals surface area (Å²) in [6, 6.07) is 22.3. The Hall–Kier alpha value is -4.26. The molecule has 0 saturated carbocycles. The van der Waals surface area contributed by atoms with Crippen molar-refractivity contribution in [2.24, 2.45) is 0 Å². The van der Waals surface area contributed by atoms with Gasteiger partial charge in [-0.25, -0.2) is 9.48 Å². The maximum absolute atomic E-state index is 12.5. The Morgan fingerprint density at radius 2 is 1.68 bits per heavy atom. The number of pyridine rings is 1. The normalized spacial score (nSPS) is 10.5. The summed E-state index contributed by atoms with van der Waals surface area (Å²) in [7, 11) is 0. The number of nitrogens with one attached hydrogen (secondary N) is 1. The molecule has 0 bridgehead atoms. The Morgan fingerprint density at radius 3 is 2.39 bits per heavy atom. The van der Waals surface area contributed by atoms with Gasteiger partial charge in [0.2, 0.25) is 0 Å². The summed E-state index contributed by atoms with van der Waals surface area (Å²) in [4.78, 5) is 28.4. The zero-order chi connectivity index (χ0) is 21.6. The Balaban J connectivity index is 1.54. The van der Waals surface area contributed by atoms with Crippen molar-refractivity contribution in [1.29, 1.82) is 0 Å². The summed E-state index contributed by atoms with van der Waals surface area (Å²) in [5, 5.41) is 7.45. The van der Waals surface area contributed by atoms with E-state index in [0.29, 0.717) is 17.1 Å². The Morgan fingerprint density at radius 1 is 0.968 bits per heavy atom. The van der Waals surface area contributed by atoms with Crippen molar-refractivity contribution in [3.8, 4) is 16.9 Å². The minimum absolute atomic E-state index is 0.332. The lowest BCUT2D eigenvalue weighted by molar-refractivity contribution is -0.119. The van der Waals surface area contributed by atoms with E-state index in [0.717, 1.165) is 16.8 Å². The summed E-state index contributed by atoms with van der Waals surface area (Å²) in [6.45, 7) is 1.60. The van der Waals surface area contributed by atoms with Gasteiger partial charge < -0.3 is 10.1 Å². The molecule has 7 heteroatoms. The molecule has 0 unspecified atom stereocenters. The van der Waals surface area contributed by atoms with Crippen LogP contribution in [0.5, 0.6) is 0 Å². The first-order valence-corrected chi connectivity index (χ1v) is 9.70. The third-order valence-electron chi connectivity index (χ3n) is 4.58. The summed E-state index contributed by atoms with van der Waals surface area (Å²) >= 11 is 0. The third kappa shape index (κ3) is 4.84. The fourth-order valence-electron chi connectivity index (χ4n) is 2.98. The fraction of sp³-hybridized carbons (Fsp3) is 0.0833. The molecule has 2 aromatic carbocycles. The molecule has 2 heterocycles. The van der Waals surface area contributed by atoms with Crippen LogP contribution in [0.4, 0.5) is 5.82 Å². The molecule has 0 radical (unpaired) electrons. The number of nitrogens with zero attached hydrogens (tertiary/aromatic N) is 3. The van der Waals surface area contributed by atoms with E-state index < -0.39 is 18.5 Å². The van der Waals surface area contributed by atoms with Gasteiger partial charge in [0.25, 0.3) is 5.91 Å². The largest absolute Gasteiger partial charge is 0.452 e. The first-order valence-electron chi connectivity index (χ1n) is 9.70.